The molecule has 2 aromatic carbocycles. The zero-order valence-corrected chi connectivity index (χ0v) is 16.6. The molecule has 2 rings (SSSR count). The second kappa shape index (κ2) is 10.3. The number of hydroxylamine groups is 1. The quantitative estimate of drug-likeness (QED) is 0.420. The first-order chi connectivity index (χ1) is 13.5. The molecular weight excluding hydrogens is 354 g/mol. The molecule has 0 heterocycles. The van der Waals surface area contributed by atoms with Gasteiger partial charge in [-0.05, 0) is 37.1 Å². The molecule has 0 aliphatic heterocycles. The standard InChI is InChI=1S/C22H25N3O3/c1-6-17-10-8-11-18(13-17)16(3)24-28-14-20-15(2)9-7-12-19(20)21(25-27-5)22(26)23-4/h1,7-13,21,25H,14H2,2-5H3,(H,23,26)/b24-16+. The number of carbonyl (C=O) groups is 1. The van der Waals surface area contributed by atoms with Gasteiger partial charge in [0.05, 0.1) is 12.8 Å². The highest BCUT2D eigenvalue weighted by Crippen LogP contribution is 2.23. The van der Waals surface area contributed by atoms with Gasteiger partial charge in [-0.1, -0.05) is 41.4 Å². The SMILES string of the molecule is C#Cc1cccc(/C(C)=N/OCc2c(C)cccc2C(NOC)C(=O)NC)c1. The molecule has 0 aliphatic rings. The van der Waals surface area contributed by atoms with Crippen molar-refractivity contribution in [3.05, 3.63) is 70.3 Å². The second-order valence-electron chi connectivity index (χ2n) is 6.19. The Kier molecular flexibility index (Phi) is 7.76. The van der Waals surface area contributed by atoms with Gasteiger partial charge >= 0.3 is 0 Å². The van der Waals surface area contributed by atoms with Crippen LogP contribution in [0.15, 0.2) is 47.6 Å². The number of nitrogens with zero attached hydrogens (tertiary/aromatic N) is 1. The van der Waals surface area contributed by atoms with Gasteiger partial charge in [-0.15, -0.1) is 6.42 Å². The third-order valence-electron chi connectivity index (χ3n) is 4.36. The van der Waals surface area contributed by atoms with E-state index in [0.29, 0.717) is 5.71 Å². The van der Waals surface area contributed by atoms with Gasteiger partial charge in [0.15, 0.2) is 0 Å². The molecule has 1 unspecified atom stereocenters. The molecule has 0 radical (unpaired) electrons. The van der Waals surface area contributed by atoms with Crippen molar-refractivity contribution in [2.75, 3.05) is 14.2 Å². The Hall–Kier alpha value is -3.14. The van der Waals surface area contributed by atoms with E-state index in [1.165, 1.54) is 7.11 Å². The van der Waals surface area contributed by atoms with Crippen LogP contribution in [0.2, 0.25) is 0 Å². The number of nitrogens with one attached hydrogen (secondary N) is 2. The van der Waals surface area contributed by atoms with Crippen molar-refractivity contribution in [2.24, 2.45) is 5.16 Å². The van der Waals surface area contributed by atoms with Crippen LogP contribution in [0.1, 0.15) is 40.8 Å². The summed E-state index contributed by atoms with van der Waals surface area (Å²) in [7, 11) is 3.05. The molecule has 0 bridgehead atoms. The van der Waals surface area contributed by atoms with Crippen LogP contribution < -0.4 is 10.8 Å². The summed E-state index contributed by atoms with van der Waals surface area (Å²) < 4.78 is 0. The molecule has 0 aromatic heterocycles. The summed E-state index contributed by atoms with van der Waals surface area (Å²) in [6.07, 6.45) is 5.45. The second-order valence-corrected chi connectivity index (χ2v) is 6.19. The fourth-order valence-corrected chi connectivity index (χ4v) is 2.79. The molecule has 0 fully saturated rings. The maximum Gasteiger partial charge on any atom is 0.243 e. The number of benzene rings is 2. The summed E-state index contributed by atoms with van der Waals surface area (Å²) in [5, 5.41) is 6.85. The van der Waals surface area contributed by atoms with Gasteiger partial charge in [-0.3, -0.25) is 4.79 Å². The van der Waals surface area contributed by atoms with Gasteiger partial charge in [-0.2, -0.15) is 5.48 Å². The summed E-state index contributed by atoms with van der Waals surface area (Å²) in [5.74, 6) is 2.40. The van der Waals surface area contributed by atoms with E-state index in [4.69, 9.17) is 16.1 Å². The predicted octanol–water partition coefficient (Wildman–Crippen LogP) is 2.86. The lowest BCUT2D eigenvalue weighted by molar-refractivity contribution is -0.126. The smallest absolute Gasteiger partial charge is 0.243 e. The number of terminal acetylenes is 1. The Morgan fingerprint density at radius 1 is 1.29 bits per heavy atom. The van der Waals surface area contributed by atoms with Crippen LogP contribution in [0, 0.1) is 19.3 Å². The molecule has 6 heteroatoms. The van der Waals surface area contributed by atoms with E-state index < -0.39 is 6.04 Å². The van der Waals surface area contributed by atoms with Gasteiger partial charge in [0.25, 0.3) is 0 Å². The number of aryl methyl sites for hydroxylation is 1. The van der Waals surface area contributed by atoms with Crippen LogP contribution in [-0.4, -0.2) is 25.8 Å². The molecule has 6 nitrogen and oxygen atoms in total. The molecule has 1 atom stereocenters. The van der Waals surface area contributed by atoms with E-state index in [2.05, 4.69) is 21.9 Å². The number of hydrogen-bond donors (Lipinski definition) is 2. The summed E-state index contributed by atoms with van der Waals surface area (Å²) in [6, 6.07) is 12.6. The number of rotatable bonds is 8. The fraction of sp³-hybridized carbons (Fsp3) is 0.273. The number of hydrogen-bond acceptors (Lipinski definition) is 5. The zero-order chi connectivity index (χ0) is 20.5. The minimum Gasteiger partial charge on any atom is -0.391 e. The highest BCUT2D eigenvalue weighted by atomic mass is 16.6. The summed E-state index contributed by atoms with van der Waals surface area (Å²) in [6.45, 7) is 4.03. The van der Waals surface area contributed by atoms with Crippen LogP contribution in [0.5, 0.6) is 0 Å². The molecular formula is C22H25N3O3. The highest BCUT2D eigenvalue weighted by Gasteiger charge is 2.23. The predicted molar refractivity (Wildman–Crippen MR) is 110 cm³/mol. The van der Waals surface area contributed by atoms with Crippen molar-refractivity contribution in [2.45, 2.75) is 26.5 Å². The molecule has 146 valence electrons. The Morgan fingerprint density at radius 3 is 2.71 bits per heavy atom. The van der Waals surface area contributed by atoms with E-state index in [0.717, 1.165) is 27.8 Å². The fourth-order valence-electron chi connectivity index (χ4n) is 2.79. The van der Waals surface area contributed by atoms with Crippen molar-refractivity contribution in [3.8, 4) is 12.3 Å². The van der Waals surface area contributed by atoms with Gasteiger partial charge in [0, 0.05) is 23.7 Å². The van der Waals surface area contributed by atoms with E-state index in [9.17, 15) is 4.79 Å². The molecule has 0 saturated carbocycles. The van der Waals surface area contributed by atoms with Crippen molar-refractivity contribution < 1.29 is 14.5 Å². The maximum absolute atomic E-state index is 12.3. The topological polar surface area (TPSA) is 71.9 Å². The average Bonchev–Trinajstić information content (AvgIpc) is 2.72. The summed E-state index contributed by atoms with van der Waals surface area (Å²) in [4.78, 5) is 22.9. The Morgan fingerprint density at radius 2 is 2.04 bits per heavy atom. The lowest BCUT2D eigenvalue weighted by atomic mass is 9.96. The van der Waals surface area contributed by atoms with Crippen molar-refractivity contribution in [1.82, 2.24) is 10.8 Å². The first kappa shape index (κ1) is 21.2. The lowest BCUT2D eigenvalue weighted by Gasteiger charge is -2.20. The molecule has 1 amide bonds. The van der Waals surface area contributed by atoms with Gasteiger partial charge in [0.2, 0.25) is 5.91 Å². The van der Waals surface area contributed by atoms with Crippen LogP contribution in [0.4, 0.5) is 0 Å². The summed E-state index contributed by atoms with van der Waals surface area (Å²) in [5.41, 5.74) is 7.75. The number of amides is 1. The number of carbonyl (C=O) groups excluding carboxylic acids is 1. The van der Waals surface area contributed by atoms with Gasteiger partial charge < -0.3 is 15.0 Å². The first-order valence-corrected chi connectivity index (χ1v) is 8.83. The Bertz CT molecular complexity index is 900. The van der Waals surface area contributed by atoms with Crippen LogP contribution in [0.25, 0.3) is 0 Å². The monoisotopic (exact) mass is 379 g/mol. The third-order valence-corrected chi connectivity index (χ3v) is 4.36. The van der Waals surface area contributed by atoms with Crippen LogP contribution >= 0.6 is 0 Å². The van der Waals surface area contributed by atoms with E-state index in [1.54, 1.807) is 7.05 Å². The first-order valence-electron chi connectivity index (χ1n) is 8.83. The van der Waals surface area contributed by atoms with Crippen molar-refractivity contribution in [3.63, 3.8) is 0 Å². The maximum atomic E-state index is 12.3. The van der Waals surface area contributed by atoms with Gasteiger partial charge in [-0.25, -0.2) is 0 Å². The lowest BCUT2D eigenvalue weighted by Crippen LogP contribution is -2.36. The normalized spacial score (nSPS) is 12.2. The van der Waals surface area contributed by atoms with E-state index in [-0.39, 0.29) is 12.5 Å². The van der Waals surface area contributed by atoms with E-state index in [1.807, 2.05) is 56.3 Å². The average molecular weight is 379 g/mol. The minimum atomic E-state index is -0.661. The van der Waals surface area contributed by atoms with Gasteiger partial charge in [0.1, 0.15) is 12.6 Å². The molecule has 28 heavy (non-hydrogen) atoms. The minimum absolute atomic E-state index is 0.209. The van der Waals surface area contributed by atoms with Crippen molar-refractivity contribution in [1.29, 1.82) is 0 Å². The molecule has 0 spiro atoms. The van der Waals surface area contributed by atoms with Crippen molar-refractivity contribution >= 4 is 11.6 Å². The molecule has 2 N–H and O–H groups in total. The number of oxime groups is 1. The highest BCUT2D eigenvalue weighted by molar-refractivity contribution is 5.98. The Balaban J connectivity index is 2.24. The number of likely N-dealkylation sites (N-methyl/N-ethyl adjacent to an activating group) is 1. The Labute approximate surface area is 165 Å². The zero-order valence-electron chi connectivity index (χ0n) is 16.6. The van der Waals surface area contributed by atoms with Crippen LogP contribution in [0.3, 0.4) is 0 Å². The third kappa shape index (κ3) is 5.19. The largest absolute Gasteiger partial charge is 0.391 e. The van der Waals surface area contributed by atoms with Crippen LogP contribution in [-0.2, 0) is 21.1 Å². The van der Waals surface area contributed by atoms with E-state index >= 15 is 0 Å². The molecule has 2 aromatic rings. The summed E-state index contributed by atoms with van der Waals surface area (Å²) >= 11 is 0. The molecule has 0 saturated heterocycles. The molecule has 0 aliphatic carbocycles.